The fourth-order valence-corrected chi connectivity index (χ4v) is 1.48. The van der Waals surface area contributed by atoms with Gasteiger partial charge >= 0.3 is 0 Å². The third kappa shape index (κ3) is 3.86. The molecular formula is C10H17N3O2. The molecule has 0 aliphatic carbocycles. The van der Waals surface area contributed by atoms with Crippen LogP contribution in [0.25, 0.3) is 0 Å². The van der Waals surface area contributed by atoms with Gasteiger partial charge in [-0.1, -0.05) is 6.92 Å². The van der Waals surface area contributed by atoms with Crippen LogP contribution in [0.15, 0.2) is 0 Å². The van der Waals surface area contributed by atoms with Gasteiger partial charge in [-0.2, -0.15) is 5.26 Å². The van der Waals surface area contributed by atoms with Crippen LogP contribution in [0.5, 0.6) is 0 Å². The minimum atomic E-state index is -0.457. The van der Waals surface area contributed by atoms with Crippen molar-refractivity contribution in [1.29, 1.82) is 5.26 Å². The number of nitrogens with one attached hydrogen (secondary N) is 1. The highest BCUT2D eigenvalue weighted by atomic mass is 16.5. The van der Waals surface area contributed by atoms with Gasteiger partial charge in [-0.05, 0) is 6.54 Å². The summed E-state index contributed by atoms with van der Waals surface area (Å²) in [7, 11) is 0. The van der Waals surface area contributed by atoms with Crippen molar-refractivity contribution in [3.05, 3.63) is 0 Å². The first kappa shape index (κ1) is 12.0. The number of ether oxygens (including phenoxy) is 1. The highest BCUT2D eigenvalue weighted by Crippen LogP contribution is 2.05. The zero-order valence-electron chi connectivity index (χ0n) is 9.03. The number of hydrogen-bond acceptors (Lipinski definition) is 4. The van der Waals surface area contributed by atoms with Crippen LogP contribution in [0, 0.1) is 11.3 Å². The Morgan fingerprint density at radius 3 is 3.20 bits per heavy atom. The van der Waals surface area contributed by atoms with E-state index in [4.69, 9.17) is 10.00 Å². The van der Waals surface area contributed by atoms with E-state index in [2.05, 4.69) is 5.32 Å². The standard InChI is InChI=1S/C10H17N3O2/c1-2-12-4-3-10(14)13-5-6-15-9(7-11)8-13/h9,12H,2-6,8H2,1H3. The second-order valence-corrected chi connectivity index (χ2v) is 3.43. The maximum absolute atomic E-state index is 11.7. The molecule has 0 saturated carbocycles. The predicted molar refractivity (Wildman–Crippen MR) is 55.1 cm³/mol. The number of hydrogen-bond donors (Lipinski definition) is 1. The molecule has 1 amide bonds. The number of morpholine rings is 1. The first-order chi connectivity index (χ1) is 7.27. The average Bonchev–Trinajstić information content (AvgIpc) is 2.29. The molecule has 0 aromatic heterocycles. The molecule has 1 atom stereocenters. The Balaban J connectivity index is 2.29. The molecule has 0 aromatic rings. The number of amides is 1. The predicted octanol–water partition coefficient (Wildman–Crippen LogP) is -0.263. The van der Waals surface area contributed by atoms with Crippen molar-refractivity contribution in [3.8, 4) is 6.07 Å². The fourth-order valence-electron chi connectivity index (χ4n) is 1.48. The van der Waals surface area contributed by atoms with Gasteiger partial charge in [0.05, 0.1) is 19.2 Å². The minimum Gasteiger partial charge on any atom is -0.360 e. The van der Waals surface area contributed by atoms with Crippen molar-refractivity contribution in [1.82, 2.24) is 10.2 Å². The van der Waals surface area contributed by atoms with E-state index in [1.54, 1.807) is 4.90 Å². The molecule has 84 valence electrons. The van der Waals surface area contributed by atoms with Gasteiger partial charge in [-0.25, -0.2) is 0 Å². The molecule has 1 aliphatic heterocycles. The number of nitrogens with zero attached hydrogens (tertiary/aromatic N) is 2. The van der Waals surface area contributed by atoms with Gasteiger partial charge in [-0.3, -0.25) is 4.79 Å². The molecule has 1 rings (SSSR count). The zero-order valence-corrected chi connectivity index (χ0v) is 9.03. The van der Waals surface area contributed by atoms with Crippen LogP contribution in [0.4, 0.5) is 0 Å². The summed E-state index contributed by atoms with van der Waals surface area (Å²) in [6.07, 6.45) is 0.0354. The van der Waals surface area contributed by atoms with Gasteiger partial charge in [0.25, 0.3) is 0 Å². The molecule has 0 spiro atoms. The van der Waals surface area contributed by atoms with Crippen molar-refractivity contribution in [2.45, 2.75) is 19.4 Å². The Morgan fingerprint density at radius 2 is 2.53 bits per heavy atom. The molecule has 5 nitrogen and oxygen atoms in total. The Bertz CT molecular complexity index is 250. The first-order valence-corrected chi connectivity index (χ1v) is 5.27. The van der Waals surface area contributed by atoms with Crippen molar-refractivity contribution in [2.75, 3.05) is 32.8 Å². The Morgan fingerprint density at radius 1 is 1.73 bits per heavy atom. The topological polar surface area (TPSA) is 65.4 Å². The van der Waals surface area contributed by atoms with Gasteiger partial charge in [0.1, 0.15) is 0 Å². The number of nitriles is 1. The molecule has 1 fully saturated rings. The molecule has 0 radical (unpaired) electrons. The Labute approximate surface area is 90.0 Å². The van der Waals surface area contributed by atoms with Crippen LogP contribution >= 0.6 is 0 Å². The molecule has 1 heterocycles. The van der Waals surface area contributed by atoms with E-state index in [-0.39, 0.29) is 5.91 Å². The number of carbonyl (C=O) groups is 1. The van der Waals surface area contributed by atoms with E-state index in [1.165, 1.54) is 0 Å². The Hall–Kier alpha value is -1.12. The van der Waals surface area contributed by atoms with Crippen LogP contribution in [0.3, 0.4) is 0 Å². The summed E-state index contributed by atoms with van der Waals surface area (Å²) in [5.74, 6) is 0.0968. The lowest BCUT2D eigenvalue weighted by Crippen LogP contribution is -2.45. The third-order valence-corrected chi connectivity index (χ3v) is 2.33. The summed E-state index contributed by atoms with van der Waals surface area (Å²) >= 11 is 0. The highest BCUT2D eigenvalue weighted by molar-refractivity contribution is 5.76. The second kappa shape index (κ2) is 6.38. The van der Waals surface area contributed by atoms with Crippen LogP contribution in [0.2, 0.25) is 0 Å². The SMILES string of the molecule is CCNCCC(=O)N1CCOC(C#N)C1. The lowest BCUT2D eigenvalue weighted by atomic mass is 10.2. The molecular weight excluding hydrogens is 194 g/mol. The maximum Gasteiger partial charge on any atom is 0.224 e. The van der Waals surface area contributed by atoms with Gasteiger partial charge < -0.3 is 15.0 Å². The molecule has 1 aliphatic rings. The van der Waals surface area contributed by atoms with Crippen LogP contribution < -0.4 is 5.32 Å². The van der Waals surface area contributed by atoms with Gasteiger partial charge in [0.2, 0.25) is 5.91 Å². The number of carbonyl (C=O) groups excluding carboxylic acids is 1. The van der Waals surface area contributed by atoms with E-state index in [9.17, 15) is 4.79 Å². The van der Waals surface area contributed by atoms with E-state index < -0.39 is 6.10 Å². The van der Waals surface area contributed by atoms with Crippen molar-refractivity contribution >= 4 is 5.91 Å². The van der Waals surface area contributed by atoms with Gasteiger partial charge in [0, 0.05) is 19.5 Å². The van der Waals surface area contributed by atoms with E-state index in [1.807, 2.05) is 13.0 Å². The summed E-state index contributed by atoms with van der Waals surface area (Å²) in [5.41, 5.74) is 0. The zero-order chi connectivity index (χ0) is 11.1. The molecule has 1 N–H and O–H groups in total. The lowest BCUT2D eigenvalue weighted by Gasteiger charge is -2.29. The van der Waals surface area contributed by atoms with E-state index in [0.29, 0.717) is 32.7 Å². The van der Waals surface area contributed by atoms with Gasteiger partial charge in [-0.15, -0.1) is 0 Å². The third-order valence-electron chi connectivity index (χ3n) is 2.33. The first-order valence-electron chi connectivity index (χ1n) is 5.27. The van der Waals surface area contributed by atoms with Crippen LogP contribution in [-0.2, 0) is 9.53 Å². The number of rotatable bonds is 4. The largest absolute Gasteiger partial charge is 0.360 e. The Kier molecular flexibility index (Phi) is 5.08. The quantitative estimate of drug-likeness (QED) is 0.650. The van der Waals surface area contributed by atoms with E-state index >= 15 is 0 Å². The summed E-state index contributed by atoms with van der Waals surface area (Å²) in [6, 6.07) is 2.02. The minimum absolute atomic E-state index is 0.0968. The van der Waals surface area contributed by atoms with E-state index in [0.717, 1.165) is 6.54 Å². The summed E-state index contributed by atoms with van der Waals surface area (Å²) in [4.78, 5) is 13.4. The van der Waals surface area contributed by atoms with Gasteiger partial charge in [0.15, 0.2) is 6.10 Å². The smallest absolute Gasteiger partial charge is 0.224 e. The normalized spacial score (nSPS) is 21.1. The van der Waals surface area contributed by atoms with Crippen molar-refractivity contribution in [2.24, 2.45) is 0 Å². The molecule has 0 aromatic carbocycles. The summed E-state index contributed by atoms with van der Waals surface area (Å²) in [6.45, 7) is 5.04. The van der Waals surface area contributed by atoms with Crippen molar-refractivity contribution in [3.63, 3.8) is 0 Å². The molecule has 5 heteroatoms. The summed E-state index contributed by atoms with van der Waals surface area (Å²) in [5, 5.41) is 11.8. The molecule has 15 heavy (non-hydrogen) atoms. The molecule has 1 unspecified atom stereocenters. The second-order valence-electron chi connectivity index (χ2n) is 3.43. The molecule has 1 saturated heterocycles. The highest BCUT2D eigenvalue weighted by Gasteiger charge is 2.23. The fraction of sp³-hybridized carbons (Fsp3) is 0.800. The maximum atomic E-state index is 11.7. The summed E-state index contributed by atoms with van der Waals surface area (Å²) < 4.78 is 5.16. The van der Waals surface area contributed by atoms with Crippen LogP contribution in [0.1, 0.15) is 13.3 Å². The van der Waals surface area contributed by atoms with Crippen LogP contribution in [-0.4, -0.2) is 49.7 Å². The average molecular weight is 211 g/mol. The molecule has 0 bridgehead atoms. The van der Waals surface area contributed by atoms with Crippen molar-refractivity contribution < 1.29 is 9.53 Å². The monoisotopic (exact) mass is 211 g/mol. The lowest BCUT2D eigenvalue weighted by molar-refractivity contribution is -0.136.